The van der Waals surface area contributed by atoms with E-state index in [-0.39, 0.29) is 63.5 Å². The third-order valence-corrected chi connectivity index (χ3v) is 15.6. The van der Waals surface area contributed by atoms with Gasteiger partial charge < -0.3 is 105 Å². The minimum atomic E-state index is -2.13. The molecule has 3 fully saturated rings. The Balaban J connectivity index is 2.08. The lowest BCUT2D eigenvalue weighted by Gasteiger charge is -2.31. The number of hydrogen-bond acceptors (Lipinski definition) is 20. The van der Waals surface area contributed by atoms with Gasteiger partial charge in [0.05, 0.1) is 32.8 Å². The van der Waals surface area contributed by atoms with E-state index in [4.69, 9.17) is 5.73 Å². The second-order valence-corrected chi connectivity index (χ2v) is 24.7. The van der Waals surface area contributed by atoms with Crippen molar-refractivity contribution < 1.29 is 107 Å². The normalized spacial score (nSPS) is 28.1. The van der Waals surface area contributed by atoms with Crippen molar-refractivity contribution in [1.82, 2.24) is 73.6 Å². The van der Waals surface area contributed by atoms with E-state index < -0.39 is 243 Å². The Bertz CT molecular complexity index is 2840. The van der Waals surface area contributed by atoms with Crippen molar-refractivity contribution in [2.24, 2.45) is 23.5 Å². The van der Waals surface area contributed by atoms with Gasteiger partial charge in [0.1, 0.15) is 78.5 Å². The Morgan fingerprint density at radius 2 is 0.821 bits per heavy atom. The molecule has 0 radical (unpaired) electrons. The predicted octanol–water partition coefficient (Wildman–Crippen LogP) is -8.20. The Hall–Kier alpha value is -9.13. The minimum absolute atomic E-state index is 0.00656. The van der Waals surface area contributed by atoms with Crippen molar-refractivity contribution in [3.63, 3.8) is 0 Å². The molecular formula is C58H93N15O22. The summed E-state index contributed by atoms with van der Waals surface area (Å²) in [5.74, 6) is -20.2. The molecule has 0 unspecified atom stereocenters. The maximum absolute atomic E-state index is 14.2. The number of carbonyl (C=O) groups is 17. The van der Waals surface area contributed by atoms with Crippen LogP contribution in [0.5, 0.6) is 0 Å². The molecule has 95 heavy (non-hydrogen) atoms. The summed E-state index contributed by atoms with van der Waals surface area (Å²) < 4.78 is 0. The van der Waals surface area contributed by atoms with E-state index in [1.165, 1.54) is 0 Å². The van der Waals surface area contributed by atoms with Crippen molar-refractivity contribution in [3.05, 3.63) is 0 Å². The minimum Gasteiger partial charge on any atom is -0.481 e. The molecule has 3 aliphatic rings. The summed E-state index contributed by atoms with van der Waals surface area (Å²) in [5, 5.41) is 78.3. The first-order valence-corrected chi connectivity index (χ1v) is 31.3. The number of nitrogens with zero attached hydrogens (tertiary/aromatic N) is 2. The number of amides is 15. The number of nitrogens with two attached hydrogens (primary N) is 1. The number of carboxylic acids is 2. The van der Waals surface area contributed by atoms with Crippen LogP contribution in [0.2, 0.25) is 0 Å². The zero-order valence-electron chi connectivity index (χ0n) is 54.4. The highest BCUT2D eigenvalue weighted by Crippen LogP contribution is 2.22. The molecule has 0 saturated carbocycles. The molecule has 37 heteroatoms. The van der Waals surface area contributed by atoms with E-state index in [1.807, 2.05) is 0 Å². The maximum atomic E-state index is 14.2. The average Bonchev–Trinajstić information content (AvgIpc) is 1.78. The lowest BCUT2D eigenvalue weighted by molar-refractivity contribution is -0.143. The summed E-state index contributed by atoms with van der Waals surface area (Å²) in [6.45, 7) is 8.20. The average molecular weight is 1350 g/mol. The number of nitrogens with one attached hydrogen (secondary N) is 12. The Labute approximate surface area is 547 Å². The number of hydrogen-bond donors (Lipinski definition) is 18. The molecule has 0 aromatic carbocycles. The fourth-order valence-electron chi connectivity index (χ4n) is 10.5. The number of aliphatic carboxylic acids is 2. The monoisotopic (exact) mass is 1350 g/mol. The summed E-state index contributed by atoms with van der Waals surface area (Å²) in [6, 6.07) is -21.1. The highest BCUT2D eigenvalue weighted by Gasteiger charge is 2.43. The van der Waals surface area contributed by atoms with E-state index in [1.54, 1.807) is 41.5 Å². The van der Waals surface area contributed by atoms with Crippen LogP contribution in [0.3, 0.4) is 0 Å². The molecule has 0 bridgehead atoms. The standard InChI is InChI=1S/C58H93N15O22/c1-26(2)19-33-48(85)60-22-42(78)63-37(24-75)57(94)72-17-10-12-40(72)55(92)69-36(23-74)53(90)62-29(7)46(83)64-31(13-15-41(59)77)50(87)66-35(21-44(81)82)51(88)65-32(14-16-43(79)80)49(86)61-30(8)47(84)70-38(25-76)58(95)73-18-9-11-39(73)54(91)67-34(20-27(3)4)52(89)71-45(28(5)6)56(93)68-33/h26-40,45,74-76H,9-25H2,1-8H3,(H2,59,77)(H,60,85)(H,61,86)(H,62,90)(H,63,78)(H,64,83)(H,65,88)(H,66,87)(H,67,91)(H,68,93)(H,69,92)(H,70,84)(H,71,89)(H,79,80)(H,81,82)/t29-,30-,31-,32-,33-,34-,35-,36-,37-,38-,39-,40-,45-/m0/s1. The van der Waals surface area contributed by atoms with Crippen LogP contribution in [0, 0.1) is 17.8 Å². The van der Waals surface area contributed by atoms with Crippen molar-refractivity contribution in [3.8, 4) is 0 Å². The van der Waals surface area contributed by atoms with Gasteiger partial charge in [0.2, 0.25) is 88.6 Å². The number of carboxylic acid groups (broad SMARTS) is 2. The van der Waals surface area contributed by atoms with Crippen molar-refractivity contribution in [1.29, 1.82) is 0 Å². The Kier molecular flexibility index (Phi) is 32.3. The number of aliphatic hydroxyl groups excluding tert-OH is 3. The van der Waals surface area contributed by atoms with Crippen molar-refractivity contribution in [2.75, 3.05) is 39.5 Å². The molecule has 3 aliphatic heterocycles. The largest absolute Gasteiger partial charge is 0.481 e. The maximum Gasteiger partial charge on any atom is 0.305 e. The SMILES string of the molecule is CC(C)C[C@@H]1NC(=O)[C@H](C(C)C)NC(=O)[C@H](CC(C)C)NC(=O)[C@@H]2CCCN2C(=O)[C@H](CO)NC(=O)[C@H](C)NC(=O)[C@H](CCC(=O)O)NC(=O)[C@H](CC(=O)O)NC(=O)[C@H](CCC(N)=O)NC(=O)[C@H](C)NC(=O)[C@H](CO)NC(=O)[C@@H]2CCCN2C(=O)[C@H](CO)NC(=O)CNC1=O. The predicted molar refractivity (Wildman–Crippen MR) is 328 cm³/mol. The van der Waals surface area contributed by atoms with Gasteiger partial charge >= 0.3 is 11.9 Å². The van der Waals surface area contributed by atoms with Gasteiger partial charge in [-0.3, -0.25) is 81.5 Å². The first kappa shape index (κ1) is 80.1. The molecule has 0 aromatic heterocycles. The summed E-state index contributed by atoms with van der Waals surface area (Å²) in [4.78, 5) is 231. The van der Waals surface area contributed by atoms with E-state index in [0.717, 1.165) is 23.6 Å². The molecule has 3 heterocycles. The third-order valence-electron chi connectivity index (χ3n) is 15.6. The molecule has 3 rings (SSSR count). The molecule has 13 atom stereocenters. The van der Waals surface area contributed by atoms with Crippen LogP contribution in [0.25, 0.3) is 0 Å². The molecule has 15 amide bonds. The molecular weight excluding hydrogens is 1260 g/mol. The van der Waals surface area contributed by atoms with Gasteiger partial charge in [0.15, 0.2) is 0 Å². The summed E-state index contributed by atoms with van der Waals surface area (Å²) in [5.41, 5.74) is 5.31. The van der Waals surface area contributed by atoms with Gasteiger partial charge in [-0.05, 0) is 83.0 Å². The van der Waals surface area contributed by atoms with E-state index in [0.29, 0.717) is 0 Å². The van der Waals surface area contributed by atoms with Crippen molar-refractivity contribution >= 4 is 101 Å². The van der Waals surface area contributed by atoms with Crippen LogP contribution >= 0.6 is 0 Å². The molecule has 37 nitrogen and oxygen atoms in total. The molecule has 0 aliphatic carbocycles. The van der Waals surface area contributed by atoms with E-state index in [9.17, 15) is 107 Å². The number of rotatable bonds is 16. The topological polar surface area (TPSA) is 568 Å². The second-order valence-electron chi connectivity index (χ2n) is 24.7. The van der Waals surface area contributed by atoms with Crippen LogP contribution < -0.4 is 69.5 Å². The summed E-state index contributed by atoms with van der Waals surface area (Å²) in [6.07, 6.45) is -3.53. The van der Waals surface area contributed by atoms with Crippen LogP contribution in [-0.2, 0) is 81.5 Å². The first-order chi connectivity index (χ1) is 44.5. The summed E-state index contributed by atoms with van der Waals surface area (Å²) in [7, 11) is 0. The van der Waals surface area contributed by atoms with Crippen LogP contribution in [0.1, 0.15) is 126 Å². The van der Waals surface area contributed by atoms with Gasteiger partial charge in [-0.15, -0.1) is 0 Å². The smallest absolute Gasteiger partial charge is 0.305 e. The van der Waals surface area contributed by atoms with Gasteiger partial charge in [0, 0.05) is 25.9 Å². The van der Waals surface area contributed by atoms with Crippen LogP contribution in [0.4, 0.5) is 0 Å². The quantitative estimate of drug-likeness (QED) is 0.0682. The Morgan fingerprint density at radius 3 is 1.27 bits per heavy atom. The third kappa shape index (κ3) is 25.3. The fourth-order valence-corrected chi connectivity index (χ4v) is 10.5. The van der Waals surface area contributed by atoms with Crippen molar-refractivity contribution in [2.45, 2.75) is 205 Å². The Morgan fingerprint density at radius 1 is 0.442 bits per heavy atom. The molecule has 19 N–H and O–H groups in total. The second kappa shape index (κ2) is 38.3. The number of fused-ring (bicyclic) bond motifs is 2. The molecule has 532 valence electrons. The van der Waals surface area contributed by atoms with Crippen LogP contribution in [-0.4, -0.2) is 254 Å². The van der Waals surface area contributed by atoms with E-state index in [2.05, 4.69) is 63.8 Å². The molecule has 3 saturated heterocycles. The zero-order chi connectivity index (χ0) is 71.7. The highest BCUT2D eigenvalue weighted by atomic mass is 16.4. The van der Waals surface area contributed by atoms with Gasteiger partial charge in [0.25, 0.3) is 0 Å². The highest BCUT2D eigenvalue weighted by molar-refractivity contribution is 6.01. The lowest BCUT2D eigenvalue weighted by atomic mass is 9.98. The first-order valence-electron chi connectivity index (χ1n) is 31.3. The van der Waals surface area contributed by atoms with Gasteiger partial charge in [-0.2, -0.15) is 0 Å². The summed E-state index contributed by atoms with van der Waals surface area (Å²) >= 11 is 0. The number of aliphatic hydroxyl groups is 3. The fraction of sp³-hybridized carbons (Fsp3) is 0.707. The molecule has 0 spiro atoms. The van der Waals surface area contributed by atoms with Gasteiger partial charge in [-0.25, -0.2) is 0 Å². The van der Waals surface area contributed by atoms with Gasteiger partial charge in [-0.1, -0.05) is 41.5 Å². The molecule has 0 aromatic rings. The number of carbonyl (C=O) groups excluding carboxylic acids is 15. The number of primary amides is 1. The van der Waals surface area contributed by atoms with E-state index >= 15 is 0 Å². The zero-order valence-corrected chi connectivity index (χ0v) is 54.4. The van der Waals surface area contributed by atoms with Crippen LogP contribution in [0.15, 0.2) is 0 Å². The lowest BCUT2D eigenvalue weighted by Crippen LogP contribution is -2.61.